The summed E-state index contributed by atoms with van der Waals surface area (Å²) in [6.07, 6.45) is 0. The van der Waals surface area contributed by atoms with Crippen molar-refractivity contribution in [3.63, 3.8) is 0 Å². The fourth-order valence-electron chi connectivity index (χ4n) is 7.73. The van der Waals surface area contributed by atoms with Gasteiger partial charge in [-0.2, -0.15) is 10.4 Å². The zero-order valence-electron chi connectivity index (χ0n) is 29.7. The Balaban J connectivity index is 1.07. The molecule has 0 saturated carbocycles. The van der Waals surface area contributed by atoms with E-state index in [9.17, 15) is 10.4 Å². The van der Waals surface area contributed by atoms with Crippen molar-refractivity contribution in [2.24, 2.45) is 0 Å². The summed E-state index contributed by atoms with van der Waals surface area (Å²) in [5.74, 6) is 0. The summed E-state index contributed by atoms with van der Waals surface area (Å²) < 4.78 is 0. The summed E-state index contributed by atoms with van der Waals surface area (Å²) in [6, 6.07) is 68.5. The van der Waals surface area contributed by atoms with Crippen LogP contribution in [0.25, 0.3) is 33.4 Å². The highest BCUT2D eigenvalue weighted by Gasteiger charge is 2.45. The lowest BCUT2D eigenvalue weighted by Gasteiger charge is -2.24. The summed E-state index contributed by atoms with van der Waals surface area (Å²) in [6.45, 7) is -2.17. The molecule has 1 heterocycles. The third-order valence-electron chi connectivity index (χ3n) is 10.6. The molecule has 3 nitrogen and oxygen atoms in total. The molecule has 8 aromatic carbocycles. The molecule has 0 unspecified atom stereocenters. The predicted octanol–water partition coefficient (Wildman–Crippen LogP) is 10.3. The summed E-state index contributed by atoms with van der Waals surface area (Å²) in [5.41, 5.74) is 6.44. The van der Waals surface area contributed by atoms with Crippen LogP contribution in [0.15, 0.2) is 206 Å². The molecule has 9 rings (SSSR count). The number of quaternary nitrogens is 1. The van der Waals surface area contributed by atoms with E-state index in [1.165, 1.54) is 15.9 Å². The first-order valence-electron chi connectivity index (χ1n) is 18.1. The molecule has 0 aromatic heterocycles. The molecule has 0 radical (unpaired) electrons. The number of fused-ring (bicyclic) bond motifs is 3. The van der Waals surface area contributed by atoms with Crippen molar-refractivity contribution in [2.45, 2.75) is 0 Å². The number of hydrogen-bond donors (Lipinski definition) is 3. The van der Waals surface area contributed by atoms with E-state index >= 15 is 0 Å². The number of benzene rings is 8. The van der Waals surface area contributed by atoms with Gasteiger partial charge in [0, 0.05) is 35.2 Å². The molecule has 0 amide bonds. The van der Waals surface area contributed by atoms with Crippen molar-refractivity contribution >= 4 is 79.8 Å². The quantitative estimate of drug-likeness (QED) is 0.0817. The van der Waals surface area contributed by atoms with Crippen LogP contribution in [-0.2, 0) is 11.8 Å². The number of nitrogens with zero attached hydrogens (tertiary/aromatic N) is 1. The van der Waals surface area contributed by atoms with E-state index in [4.69, 9.17) is 24.1 Å². The van der Waals surface area contributed by atoms with Gasteiger partial charge in [0.15, 0.2) is 6.46 Å². The fourth-order valence-corrected chi connectivity index (χ4v) is 15.4. The third-order valence-corrected chi connectivity index (χ3v) is 20.8. The minimum absolute atomic E-state index is 0.418. The van der Waals surface area contributed by atoms with Crippen molar-refractivity contribution in [3.05, 3.63) is 206 Å². The lowest BCUT2D eigenvalue weighted by Crippen LogP contribution is -2.33. The number of thiol groups is 1. The Labute approximate surface area is 332 Å². The third kappa shape index (κ3) is 6.14. The first-order valence-corrected chi connectivity index (χ1v) is 23.8. The molecule has 0 spiro atoms. The van der Waals surface area contributed by atoms with Crippen molar-refractivity contribution in [3.8, 4) is 33.4 Å². The molecule has 0 saturated heterocycles. The van der Waals surface area contributed by atoms with Gasteiger partial charge in [-0.05, 0) is 98.8 Å². The van der Waals surface area contributed by atoms with Gasteiger partial charge >= 0.3 is 0 Å². The topological polar surface area (TPSA) is 40.5 Å². The maximum absolute atomic E-state index is 11.4. The van der Waals surface area contributed by atoms with Crippen LogP contribution in [-0.4, -0.2) is 10.4 Å². The largest absolute Gasteiger partial charge is 0.213 e. The second-order valence-corrected chi connectivity index (χ2v) is 22.8. The molecular formula is C48H37NO2P2S2+2. The zero-order valence-corrected chi connectivity index (χ0v) is 33.2. The molecule has 0 atom stereocenters. The average Bonchev–Trinajstić information content (AvgIpc) is 3.49. The van der Waals surface area contributed by atoms with E-state index < -0.39 is 17.3 Å². The number of rotatable bonds is 8. The Bertz CT molecular complexity index is 2610. The standard InChI is InChI=1S/C48H37NO2P2S2/c50-49(51)47-31-25-37(35-21-27-43(28-22-35)52(54,39-13-5-1-6-14-39)40-15-7-2-8-16-40)33-45(47)46-34-38(26-32-48(46)49)36-23-29-44(30-24-36)53(55,41-17-9-3-10-18-41)42-19-11-4-12-20-42/h1-34,50-51,54H/q+2. The molecule has 1 aliphatic heterocycles. The van der Waals surface area contributed by atoms with Gasteiger partial charge in [0.1, 0.15) is 15.9 Å². The molecule has 266 valence electrons. The molecule has 0 aliphatic carbocycles. The second kappa shape index (κ2) is 14.3. The molecule has 0 bridgehead atoms. The van der Waals surface area contributed by atoms with Gasteiger partial charge in [0.2, 0.25) is 11.4 Å². The average molecular weight is 786 g/mol. The Morgan fingerprint density at radius 2 is 0.727 bits per heavy atom. The van der Waals surface area contributed by atoms with Gasteiger partial charge in [-0.1, -0.05) is 145 Å². The van der Waals surface area contributed by atoms with E-state index in [1.54, 1.807) is 0 Å². The second-order valence-electron chi connectivity index (χ2n) is 13.7. The van der Waals surface area contributed by atoms with Crippen LogP contribution in [0.3, 0.4) is 0 Å². The minimum atomic E-state index is -2.28. The van der Waals surface area contributed by atoms with Gasteiger partial charge in [0.05, 0.1) is 11.1 Å². The van der Waals surface area contributed by atoms with E-state index in [0.29, 0.717) is 11.4 Å². The fraction of sp³-hybridized carbons (Fsp3) is 0. The lowest BCUT2D eigenvalue weighted by molar-refractivity contribution is -0.242. The highest BCUT2D eigenvalue weighted by atomic mass is 32.7. The Morgan fingerprint density at radius 1 is 0.400 bits per heavy atom. The molecule has 55 heavy (non-hydrogen) atoms. The van der Waals surface area contributed by atoms with Gasteiger partial charge in [0.25, 0.3) is 0 Å². The first-order chi connectivity index (χ1) is 26.8. The molecule has 2 N–H and O–H groups in total. The van der Waals surface area contributed by atoms with E-state index in [0.717, 1.165) is 49.3 Å². The highest BCUT2D eigenvalue weighted by molar-refractivity contribution is 8.61. The first kappa shape index (κ1) is 35.8. The van der Waals surface area contributed by atoms with Crippen LogP contribution < -0.4 is 36.6 Å². The maximum atomic E-state index is 11.4. The summed E-state index contributed by atoms with van der Waals surface area (Å²) in [4.78, 5) is -1.29. The normalized spacial score (nSPS) is 13.2. The predicted molar refractivity (Wildman–Crippen MR) is 242 cm³/mol. The molecule has 7 heteroatoms. The molecular weight excluding hydrogens is 749 g/mol. The Kier molecular flexibility index (Phi) is 9.29. The van der Waals surface area contributed by atoms with Crippen LogP contribution >= 0.6 is 24.8 Å². The van der Waals surface area contributed by atoms with Crippen molar-refractivity contribution < 1.29 is 10.4 Å². The van der Waals surface area contributed by atoms with Crippen molar-refractivity contribution in [1.29, 1.82) is 0 Å². The van der Waals surface area contributed by atoms with Crippen molar-refractivity contribution in [2.75, 3.05) is 0 Å². The minimum Gasteiger partial charge on any atom is -0.171 e. The van der Waals surface area contributed by atoms with E-state index in [1.807, 2.05) is 48.5 Å². The summed E-state index contributed by atoms with van der Waals surface area (Å²) in [7, 11) is 0. The molecule has 8 aromatic rings. The zero-order chi connectivity index (χ0) is 37.6. The summed E-state index contributed by atoms with van der Waals surface area (Å²) in [5, 5.41) is 29.8. The van der Waals surface area contributed by atoms with Crippen molar-refractivity contribution in [1.82, 2.24) is 4.81 Å². The monoisotopic (exact) mass is 785 g/mol. The van der Waals surface area contributed by atoms with Crippen LogP contribution in [0.1, 0.15) is 0 Å². The van der Waals surface area contributed by atoms with Crippen LogP contribution in [0.2, 0.25) is 0 Å². The molecule has 1 aliphatic rings. The van der Waals surface area contributed by atoms with Crippen LogP contribution in [0.5, 0.6) is 0 Å². The van der Waals surface area contributed by atoms with Crippen LogP contribution in [0, 0.1) is 0 Å². The Hall–Kier alpha value is -4.93. The Morgan fingerprint density at radius 3 is 1.15 bits per heavy atom. The van der Waals surface area contributed by atoms with Gasteiger partial charge < -0.3 is 0 Å². The smallest absolute Gasteiger partial charge is 0.171 e. The van der Waals surface area contributed by atoms with Gasteiger partial charge in [-0.3, -0.25) is 0 Å². The summed E-state index contributed by atoms with van der Waals surface area (Å²) >= 11 is 12.0. The SMILES string of the molecule is O[N+]1(O)c2ccc(-c3ccc(P(=S)(c4ccccc4)c4ccccc4)cc3)cc2-c2cc(-c3ccc([P+](S)(c4ccccc4)c4ccccc4)cc3)ccc21. The number of hydrogen-bond acceptors (Lipinski definition) is 4. The van der Waals surface area contributed by atoms with E-state index in [2.05, 4.69) is 158 Å². The maximum Gasteiger partial charge on any atom is 0.213 e. The van der Waals surface area contributed by atoms with Gasteiger partial charge in [-0.25, -0.2) is 0 Å². The molecule has 0 fully saturated rings. The van der Waals surface area contributed by atoms with E-state index in [-0.39, 0.29) is 0 Å². The van der Waals surface area contributed by atoms with Crippen LogP contribution in [0.4, 0.5) is 11.4 Å². The van der Waals surface area contributed by atoms with Gasteiger partial charge in [-0.15, -0.1) is 0 Å². The highest BCUT2D eigenvalue weighted by Crippen LogP contribution is 2.60. The lowest BCUT2D eigenvalue weighted by atomic mass is 9.96.